The van der Waals surface area contributed by atoms with Crippen molar-refractivity contribution in [3.63, 3.8) is 0 Å². The number of anilines is 1. The molecular weight excluding hydrogens is 224 g/mol. The summed E-state index contributed by atoms with van der Waals surface area (Å²) in [6, 6.07) is 8.26. The fourth-order valence-corrected chi connectivity index (χ4v) is 1.73. The first-order valence-electron chi connectivity index (χ1n) is 6.67. The van der Waals surface area contributed by atoms with Crippen molar-refractivity contribution in [2.75, 3.05) is 11.9 Å². The number of hydrogen-bond donors (Lipinski definition) is 3. The van der Waals surface area contributed by atoms with E-state index in [1.807, 2.05) is 6.07 Å². The molecule has 0 aliphatic carbocycles. The first-order chi connectivity index (χ1) is 8.81. The molecule has 4 heteroatoms. The number of unbranched alkanes of at least 4 members (excludes halogenated alkanes) is 1. The van der Waals surface area contributed by atoms with Crippen molar-refractivity contribution in [3.05, 3.63) is 29.8 Å². The number of nitrogens with one attached hydrogen (secondary N) is 2. The number of nitrogens with two attached hydrogens (primary N) is 1. The van der Waals surface area contributed by atoms with Gasteiger partial charge in [0.15, 0.2) is 0 Å². The number of guanidine groups is 1. The minimum Gasteiger partial charge on any atom is -0.325 e. The maximum atomic E-state index is 5.48. The average Bonchev–Trinajstić information content (AvgIpc) is 2.40. The van der Waals surface area contributed by atoms with E-state index in [4.69, 9.17) is 5.84 Å². The van der Waals surface area contributed by atoms with Crippen LogP contribution >= 0.6 is 0 Å². The maximum Gasteiger partial charge on any atom is 0.210 e. The van der Waals surface area contributed by atoms with Crippen LogP contribution in [-0.2, 0) is 6.42 Å². The van der Waals surface area contributed by atoms with Gasteiger partial charge in [-0.05, 0) is 24.5 Å². The van der Waals surface area contributed by atoms with Crippen molar-refractivity contribution < 1.29 is 0 Å². The number of hydrogen-bond acceptors (Lipinski definition) is 2. The number of rotatable bonds is 6. The SMILES string of the molecule is CCCCN=C(NN)Nc1ccccc1CCC. The van der Waals surface area contributed by atoms with E-state index in [0.717, 1.165) is 37.9 Å². The first-order valence-corrected chi connectivity index (χ1v) is 6.67. The van der Waals surface area contributed by atoms with Gasteiger partial charge in [-0.1, -0.05) is 44.9 Å². The normalized spacial score (nSPS) is 11.4. The summed E-state index contributed by atoms with van der Waals surface area (Å²) in [5.41, 5.74) is 4.98. The number of benzene rings is 1. The van der Waals surface area contributed by atoms with Crippen LogP contribution in [0, 0.1) is 0 Å². The van der Waals surface area contributed by atoms with Gasteiger partial charge >= 0.3 is 0 Å². The van der Waals surface area contributed by atoms with Gasteiger partial charge < -0.3 is 5.32 Å². The molecule has 100 valence electrons. The number of hydrazine groups is 1. The summed E-state index contributed by atoms with van der Waals surface area (Å²) in [6.45, 7) is 5.11. The average molecular weight is 248 g/mol. The minimum atomic E-state index is 0.631. The highest BCUT2D eigenvalue weighted by molar-refractivity contribution is 5.93. The van der Waals surface area contributed by atoms with Gasteiger partial charge in [0.25, 0.3) is 0 Å². The summed E-state index contributed by atoms with van der Waals surface area (Å²) in [5, 5.41) is 3.25. The van der Waals surface area contributed by atoms with Gasteiger partial charge in [0.2, 0.25) is 5.96 Å². The lowest BCUT2D eigenvalue weighted by Gasteiger charge is -2.13. The number of aliphatic imine (C=N–C) groups is 1. The molecule has 0 aromatic heterocycles. The molecule has 4 nitrogen and oxygen atoms in total. The van der Waals surface area contributed by atoms with E-state index in [2.05, 4.69) is 47.8 Å². The van der Waals surface area contributed by atoms with Crippen LogP contribution in [0.4, 0.5) is 5.69 Å². The molecule has 0 atom stereocenters. The summed E-state index contributed by atoms with van der Waals surface area (Å²) < 4.78 is 0. The molecule has 4 N–H and O–H groups in total. The Morgan fingerprint density at radius 3 is 2.67 bits per heavy atom. The largest absolute Gasteiger partial charge is 0.325 e. The van der Waals surface area contributed by atoms with Gasteiger partial charge in [-0.25, -0.2) is 5.84 Å². The van der Waals surface area contributed by atoms with E-state index in [9.17, 15) is 0 Å². The molecule has 0 aliphatic rings. The van der Waals surface area contributed by atoms with Crippen LogP contribution in [0.15, 0.2) is 29.3 Å². The molecule has 0 radical (unpaired) electrons. The van der Waals surface area contributed by atoms with Crippen LogP contribution < -0.4 is 16.6 Å². The van der Waals surface area contributed by atoms with Crippen molar-refractivity contribution in [2.24, 2.45) is 10.8 Å². The molecule has 0 saturated heterocycles. The second-order valence-corrected chi connectivity index (χ2v) is 4.26. The monoisotopic (exact) mass is 248 g/mol. The number of nitrogens with zero attached hydrogens (tertiary/aromatic N) is 1. The molecule has 1 aromatic carbocycles. The zero-order valence-corrected chi connectivity index (χ0v) is 11.4. The third-order valence-corrected chi connectivity index (χ3v) is 2.71. The molecule has 0 amide bonds. The Kier molecular flexibility index (Phi) is 6.87. The molecule has 0 heterocycles. The Labute approximate surface area is 110 Å². The van der Waals surface area contributed by atoms with Gasteiger partial charge in [0.1, 0.15) is 0 Å². The molecule has 1 rings (SSSR count). The maximum absolute atomic E-state index is 5.48. The lowest BCUT2D eigenvalue weighted by atomic mass is 10.1. The summed E-state index contributed by atoms with van der Waals surface area (Å²) in [7, 11) is 0. The quantitative estimate of drug-likeness (QED) is 0.238. The predicted molar refractivity (Wildman–Crippen MR) is 78.6 cm³/mol. The highest BCUT2D eigenvalue weighted by atomic mass is 15.3. The van der Waals surface area contributed by atoms with E-state index >= 15 is 0 Å². The van der Waals surface area contributed by atoms with Crippen LogP contribution in [0.25, 0.3) is 0 Å². The van der Waals surface area contributed by atoms with Gasteiger partial charge in [0.05, 0.1) is 0 Å². The topological polar surface area (TPSA) is 62.4 Å². The second-order valence-electron chi connectivity index (χ2n) is 4.26. The van der Waals surface area contributed by atoms with Gasteiger partial charge in [0, 0.05) is 12.2 Å². The Morgan fingerprint density at radius 1 is 1.22 bits per heavy atom. The summed E-state index contributed by atoms with van der Waals surface area (Å²) in [5.74, 6) is 6.12. The van der Waals surface area contributed by atoms with Gasteiger partial charge in [-0.3, -0.25) is 10.4 Å². The zero-order valence-electron chi connectivity index (χ0n) is 11.4. The zero-order chi connectivity index (χ0) is 13.2. The number of para-hydroxylation sites is 1. The lowest BCUT2D eigenvalue weighted by Crippen LogP contribution is -2.36. The predicted octanol–water partition coefficient (Wildman–Crippen LogP) is 2.67. The van der Waals surface area contributed by atoms with E-state index in [1.54, 1.807) is 0 Å². The molecule has 0 fully saturated rings. The molecule has 0 bridgehead atoms. The van der Waals surface area contributed by atoms with E-state index < -0.39 is 0 Å². The molecule has 1 aromatic rings. The van der Waals surface area contributed by atoms with E-state index in [1.165, 1.54) is 5.56 Å². The third kappa shape index (κ3) is 4.75. The molecular formula is C14H24N4. The van der Waals surface area contributed by atoms with Crippen LogP contribution in [0.5, 0.6) is 0 Å². The fourth-order valence-electron chi connectivity index (χ4n) is 1.73. The first kappa shape index (κ1) is 14.5. The third-order valence-electron chi connectivity index (χ3n) is 2.71. The van der Waals surface area contributed by atoms with Crippen molar-refractivity contribution in [2.45, 2.75) is 39.5 Å². The van der Waals surface area contributed by atoms with Crippen LogP contribution in [0.2, 0.25) is 0 Å². The Hall–Kier alpha value is -1.55. The Bertz CT molecular complexity index is 374. The fraction of sp³-hybridized carbons (Fsp3) is 0.500. The van der Waals surface area contributed by atoms with Crippen molar-refractivity contribution in [1.82, 2.24) is 5.43 Å². The molecule has 0 unspecified atom stereocenters. The van der Waals surface area contributed by atoms with Crippen molar-refractivity contribution >= 4 is 11.6 Å². The Balaban J connectivity index is 2.71. The van der Waals surface area contributed by atoms with Crippen molar-refractivity contribution in [1.29, 1.82) is 0 Å². The molecule has 18 heavy (non-hydrogen) atoms. The molecule has 0 saturated carbocycles. The molecule has 0 aliphatic heterocycles. The van der Waals surface area contributed by atoms with Crippen LogP contribution in [0.3, 0.4) is 0 Å². The number of aryl methyl sites for hydroxylation is 1. The highest BCUT2D eigenvalue weighted by Gasteiger charge is 2.02. The Morgan fingerprint density at radius 2 is 2.00 bits per heavy atom. The summed E-state index contributed by atoms with van der Waals surface area (Å²) >= 11 is 0. The summed E-state index contributed by atoms with van der Waals surface area (Å²) in [4.78, 5) is 4.40. The minimum absolute atomic E-state index is 0.631. The van der Waals surface area contributed by atoms with E-state index in [-0.39, 0.29) is 0 Å². The van der Waals surface area contributed by atoms with E-state index in [0.29, 0.717) is 5.96 Å². The molecule has 0 spiro atoms. The van der Waals surface area contributed by atoms with Crippen molar-refractivity contribution in [3.8, 4) is 0 Å². The summed E-state index contributed by atoms with van der Waals surface area (Å²) in [6.07, 6.45) is 4.38. The van der Waals surface area contributed by atoms with Crippen LogP contribution in [-0.4, -0.2) is 12.5 Å². The highest BCUT2D eigenvalue weighted by Crippen LogP contribution is 2.16. The second kappa shape index (κ2) is 8.53. The standard InChI is InChI=1S/C14H24N4/c1-3-5-11-16-14(18-15)17-13-10-7-6-9-12(13)8-4-2/h6-7,9-10H,3-5,8,11,15H2,1-2H3,(H2,16,17,18). The van der Waals surface area contributed by atoms with Crippen LogP contribution in [0.1, 0.15) is 38.7 Å². The van der Waals surface area contributed by atoms with Gasteiger partial charge in [-0.15, -0.1) is 0 Å². The lowest BCUT2D eigenvalue weighted by molar-refractivity contribution is 0.801. The smallest absolute Gasteiger partial charge is 0.210 e. The van der Waals surface area contributed by atoms with Gasteiger partial charge in [-0.2, -0.15) is 0 Å².